The van der Waals surface area contributed by atoms with Gasteiger partial charge in [-0.25, -0.2) is 0 Å². The van der Waals surface area contributed by atoms with Crippen LogP contribution in [0.15, 0.2) is 0 Å². The molecule has 23 heavy (non-hydrogen) atoms. The molecule has 2 atom stereocenters. The SMILES string of the molecule is CCC[CH2][Sn]([CH2]CCC)([CH2]CCC)[C@H]1OCC[C@H]1COCOC. The molecule has 1 heterocycles. The Morgan fingerprint density at radius 1 is 0.957 bits per heavy atom. The van der Waals surface area contributed by atoms with E-state index in [1.807, 2.05) is 0 Å². The Balaban J connectivity index is 2.83. The van der Waals surface area contributed by atoms with Crippen molar-refractivity contribution in [2.45, 2.75) is 83.1 Å². The van der Waals surface area contributed by atoms with Crippen LogP contribution in [-0.2, 0) is 14.2 Å². The summed E-state index contributed by atoms with van der Waals surface area (Å²) in [6.45, 7) is 9.22. The first kappa shape index (κ1) is 21.7. The molecule has 0 aromatic heterocycles. The zero-order chi connectivity index (χ0) is 17.0. The maximum atomic E-state index is 6.43. The summed E-state index contributed by atoms with van der Waals surface area (Å²) in [5.74, 6) is 0.631. The van der Waals surface area contributed by atoms with Gasteiger partial charge >= 0.3 is 149 Å². The number of hydrogen-bond acceptors (Lipinski definition) is 3. The predicted molar refractivity (Wildman–Crippen MR) is 101 cm³/mol. The van der Waals surface area contributed by atoms with Crippen molar-refractivity contribution in [3.63, 3.8) is 0 Å². The molecule has 1 fully saturated rings. The van der Waals surface area contributed by atoms with Gasteiger partial charge in [-0.3, -0.25) is 0 Å². The van der Waals surface area contributed by atoms with Gasteiger partial charge < -0.3 is 0 Å². The van der Waals surface area contributed by atoms with Crippen molar-refractivity contribution in [2.75, 3.05) is 27.1 Å². The number of ether oxygens (including phenoxy) is 3. The molecule has 0 amide bonds. The quantitative estimate of drug-likeness (QED) is 0.208. The van der Waals surface area contributed by atoms with E-state index in [1.54, 1.807) is 7.11 Å². The van der Waals surface area contributed by atoms with Gasteiger partial charge in [-0.05, 0) is 0 Å². The number of rotatable bonds is 14. The summed E-state index contributed by atoms with van der Waals surface area (Å²) in [4.78, 5) is 0. The van der Waals surface area contributed by atoms with Crippen LogP contribution in [0.25, 0.3) is 0 Å². The fourth-order valence-electron chi connectivity index (χ4n) is 4.15. The third kappa shape index (κ3) is 7.21. The average Bonchev–Trinajstić information content (AvgIpc) is 3.04. The van der Waals surface area contributed by atoms with Crippen LogP contribution in [0.1, 0.15) is 65.7 Å². The van der Waals surface area contributed by atoms with E-state index in [0.717, 1.165) is 13.2 Å². The van der Waals surface area contributed by atoms with Crippen LogP contribution >= 0.6 is 0 Å². The van der Waals surface area contributed by atoms with E-state index >= 15 is 0 Å². The van der Waals surface area contributed by atoms with Crippen molar-refractivity contribution in [3.05, 3.63) is 0 Å². The number of hydrogen-bond donors (Lipinski definition) is 0. The van der Waals surface area contributed by atoms with E-state index in [4.69, 9.17) is 14.2 Å². The van der Waals surface area contributed by atoms with Gasteiger partial charge in [0.1, 0.15) is 0 Å². The molecule has 0 aromatic rings. The van der Waals surface area contributed by atoms with Gasteiger partial charge in [0.15, 0.2) is 0 Å². The molecule has 0 N–H and O–H groups in total. The summed E-state index contributed by atoms with van der Waals surface area (Å²) < 4.78 is 22.4. The van der Waals surface area contributed by atoms with Gasteiger partial charge in [0.2, 0.25) is 0 Å². The van der Waals surface area contributed by atoms with Crippen molar-refractivity contribution < 1.29 is 14.2 Å². The van der Waals surface area contributed by atoms with Crippen molar-refractivity contribution in [1.29, 1.82) is 0 Å². The van der Waals surface area contributed by atoms with Gasteiger partial charge in [0.05, 0.1) is 0 Å². The Kier molecular flexibility index (Phi) is 12.2. The minimum atomic E-state index is -2.29. The fourth-order valence-corrected chi connectivity index (χ4v) is 22.7. The molecule has 0 radical (unpaired) electrons. The van der Waals surface area contributed by atoms with Crippen molar-refractivity contribution in [2.24, 2.45) is 5.92 Å². The average molecular weight is 435 g/mol. The minimum absolute atomic E-state index is 0.421. The van der Waals surface area contributed by atoms with Gasteiger partial charge in [-0.1, -0.05) is 0 Å². The Morgan fingerprint density at radius 2 is 1.52 bits per heavy atom. The monoisotopic (exact) mass is 436 g/mol. The topological polar surface area (TPSA) is 27.7 Å². The van der Waals surface area contributed by atoms with E-state index in [-0.39, 0.29) is 0 Å². The fraction of sp³-hybridized carbons (Fsp3) is 1.00. The molecular weight excluding hydrogens is 395 g/mol. The van der Waals surface area contributed by atoms with E-state index in [9.17, 15) is 0 Å². The van der Waals surface area contributed by atoms with Crippen LogP contribution in [0.5, 0.6) is 0 Å². The van der Waals surface area contributed by atoms with Gasteiger partial charge in [0.25, 0.3) is 0 Å². The second-order valence-corrected chi connectivity index (χ2v) is 21.0. The summed E-state index contributed by atoms with van der Waals surface area (Å²) in [7, 11) is 1.70. The van der Waals surface area contributed by atoms with Gasteiger partial charge in [-0.15, -0.1) is 0 Å². The molecule has 1 saturated heterocycles. The van der Waals surface area contributed by atoms with Crippen LogP contribution in [0.4, 0.5) is 0 Å². The molecule has 0 bridgehead atoms. The third-order valence-electron chi connectivity index (χ3n) is 5.44. The Hall–Kier alpha value is 0.679. The first-order valence-corrected chi connectivity index (χ1v) is 17.6. The number of unbranched alkanes of at least 4 members (excludes halogenated alkanes) is 3. The Labute approximate surface area is 148 Å². The van der Waals surface area contributed by atoms with Crippen LogP contribution in [0.2, 0.25) is 13.3 Å². The summed E-state index contributed by atoms with van der Waals surface area (Å²) in [5, 5.41) is 0. The second-order valence-electron chi connectivity index (χ2n) is 7.29. The molecule has 0 aromatic carbocycles. The summed E-state index contributed by atoms with van der Waals surface area (Å²) >= 11 is -2.29. The van der Waals surface area contributed by atoms with Gasteiger partial charge in [0, 0.05) is 0 Å². The second kappa shape index (κ2) is 13.0. The molecule has 3 nitrogen and oxygen atoms in total. The molecular formula is C19H40O3Sn. The zero-order valence-electron chi connectivity index (χ0n) is 16.1. The van der Waals surface area contributed by atoms with Crippen LogP contribution in [0, 0.1) is 5.92 Å². The number of methoxy groups -OCH3 is 1. The predicted octanol–water partition coefficient (Wildman–Crippen LogP) is 5.40. The zero-order valence-corrected chi connectivity index (χ0v) is 18.9. The van der Waals surface area contributed by atoms with Crippen molar-refractivity contribution in [1.82, 2.24) is 0 Å². The molecule has 0 unspecified atom stereocenters. The van der Waals surface area contributed by atoms with Gasteiger partial charge in [-0.2, -0.15) is 0 Å². The molecule has 1 rings (SSSR count). The van der Waals surface area contributed by atoms with Crippen LogP contribution in [0.3, 0.4) is 0 Å². The van der Waals surface area contributed by atoms with Crippen molar-refractivity contribution in [3.8, 4) is 0 Å². The Morgan fingerprint density at radius 3 is 2.00 bits per heavy atom. The molecule has 4 heteroatoms. The molecule has 0 saturated carbocycles. The standard InChI is InChI=1S/C7H13O3.3C4H9.Sn/c1-8-6-10-5-7-2-3-9-4-7;3*1-3-4-2;/h4,7H,2-3,5-6H2,1H3;3*1,3-4H2,2H3;/t7-;;;;/m1..../s1. The molecule has 0 aliphatic carbocycles. The van der Waals surface area contributed by atoms with Crippen molar-refractivity contribution >= 4 is 18.4 Å². The van der Waals surface area contributed by atoms with E-state index < -0.39 is 18.4 Å². The first-order valence-electron chi connectivity index (χ1n) is 9.92. The van der Waals surface area contributed by atoms with E-state index in [0.29, 0.717) is 16.8 Å². The van der Waals surface area contributed by atoms with E-state index in [1.165, 1.54) is 58.3 Å². The maximum absolute atomic E-state index is 6.43. The summed E-state index contributed by atoms with van der Waals surface area (Å²) in [5.41, 5.74) is 0. The van der Waals surface area contributed by atoms with Crippen LogP contribution in [-0.4, -0.2) is 49.6 Å². The summed E-state index contributed by atoms with van der Waals surface area (Å²) in [6.07, 6.45) is 9.41. The first-order chi connectivity index (χ1) is 11.2. The molecule has 138 valence electrons. The molecule has 1 aliphatic heterocycles. The molecule has 1 aliphatic rings. The Bertz CT molecular complexity index is 264. The van der Waals surface area contributed by atoms with E-state index in [2.05, 4.69) is 20.8 Å². The molecule has 0 spiro atoms. The third-order valence-corrected chi connectivity index (χ3v) is 22.3. The normalized spacial score (nSPS) is 21.9. The van der Waals surface area contributed by atoms with Crippen LogP contribution < -0.4 is 0 Å². The summed E-state index contributed by atoms with van der Waals surface area (Å²) in [6, 6.07) is 0.